The summed E-state index contributed by atoms with van der Waals surface area (Å²) >= 11 is 0. The molecule has 0 radical (unpaired) electrons. The molecular weight excluding hydrogens is 365 g/mol. The molecule has 0 saturated carbocycles. The van der Waals surface area contributed by atoms with Gasteiger partial charge in [0, 0.05) is 24.9 Å². The van der Waals surface area contributed by atoms with Crippen molar-refractivity contribution in [2.75, 3.05) is 19.7 Å². The van der Waals surface area contributed by atoms with Crippen LogP contribution in [0.1, 0.15) is 25.8 Å². The Hall–Kier alpha value is -2.90. The van der Waals surface area contributed by atoms with Crippen molar-refractivity contribution in [2.45, 2.75) is 38.4 Å². The fourth-order valence-electron chi connectivity index (χ4n) is 3.49. The van der Waals surface area contributed by atoms with Crippen molar-refractivity contribution in [3.05, 3.63) is 42.0 Å². The van der Waals surface area contributed by atoms with E-state index in [2.05, 4.69) is 9.97 Å². The van der Waals surface area contributed by atoms with Gasteiger partial charge in [-0.2, -0.15) is 0 Å². The Bertz CT molecular complexity index is 872. The number of rotatable bonds is 5. The first kappa shape index (κ1) is 18.5. The van der Waals surface area contributed by atoms with Crippen molar-refractivity contribution in [1.82, 2.24) is 14.9 Å². The molecule has 148 valence electrons. The summed E-state index contributed by atoms with van der Waals surface area (Å²) < 4.78 is 30.2. The molecular formula is C20H22FN3O4. The second-order valence-corrected chi connectivity index (χ2v) is 7.62. The van der Waals surface area contributed by atoms with E-state index in [1.165, 1.54) is 0 Å². The van der Waals surface area contributed by atoms with E-state index in [1.807, 2.05) is 32.0 Å². The third kappa shape index (κ3) is 4.00. The molecule has 8 heteroatoms. The maximum absolute atomic E-state index is 12.9. The van der Waals surface area contributed by atoms with Crippen LogP contribution in [0.3, 0.4) is 0 Å². The predicted octanol–water partition coefficient (Wildman–Crippen LogP) is 2.39. The summed E-state index contributed by atoms with van der Waals surface area (Å²) in [5.41, 5.74) is 0.817. The van der Waals surface area contributed by atoms with Crippen molar-refractivity contribution in [1.29, 1.82) is 0 Å². The fourth-order valence-corrected chi connectivity index (χ4v) is 3.49. The van der Waals surface area contributed by atoms with Crippen LogP contribution in [0.25, 0.3) is 0 Å². The van der Waals surface area contributed by atoms with Crippen LogP contribution in [0.5, 0.6) is 17.5 Å². The van der Waals surface area contributed by atoms with Crippen LogP contribution in [0.4, 0.5) is 4.39 Å². The first-order chi connectivity index (χ1) is 13.4. The third-order valence-corrected chi connectivity index (χ3v) is 4.77. The summed E-state index contributed by atoms with van der Waals surface area (Å²) in [7, 11) is 0. The Balaban J connectivity index is 1.31. The van der Waals surface area contributed by atoms with Crippen LogP contribution >= 0.6 is 0 Å². The summed E-state index contributed by atoms with van der Waals surface area (Å²) in [4.78, 5) is 21.8. The molecule has 4 rings (SSSR count). The normalized spacial score (nSPS) is 19.8. The molecule has 0 aliphatic carbocycles. The van der Waals surface area contributed by atoms with E-state index in [0.717, 1.165) is 30.1 Å². The summed E-state index contributed by atoms with van der Waals surface area (Å²) in [6, 6.07) is 5.84. The Morgan fingerprint density at radius 2 is 2.14 bits per heavy atom. The van der Waals surface area contributed by atoms with Gasteiger partial charge in [0.2, 0.25) is 0 Å². The van der Waals surface area contributed by atoms with E-state index in [9.17, 15) is 9.18 Å². The van der Waals surface area contributed by atoms with Crippen molar-refractivity contribution in [3.63, 3.8) is 0 Å². The van der Waals surface area contributed by atoms with Gasteiger partial charge in [0.25, 0.3) is 5.91 Å². The van der Waals surface area contributed by atoms with Gasteiger partial charge >= 0.3 is 6.01 Å². The number of carbonyl (C=O) groups is 1. The van der Waals surface area contributed by atoms with Crippen LogP contribution in [0.2, 0.25) is 0 Å². The quantitative estimate of drug-likeness (QED) is 0.784. The molecule has 1 aromatic heterocycles. The highest BCUT2D eigenvalue weighted by molar-refractivity contribution is 5.78. The van der Waals surface area contributed by atoms with Gasteiger partial charge < -0.3 is 19.1 Å². The van der Waals surface area contributed by atoms with Crippen LogP contribution in [0, 0.1) is 5.82 Å². The van der Waals surface area contributed by atoms with Gasteiger partial charge in [0.05, 0.1) is 18.9 Å². The Morgan fingerprint density at radius 1 is 1.36 bits per heavy atom. The molecule has 0 unspecified atom stereocenters. The van der Waals surface area contributed by atoms with E-state index < -0.39 is 5.82 Å². The highest BCUT2D eigenvalue weighted by atomic mass is 19.1. The van der Waals surface area contributed by atoms with Crippen molar-refractivity contribution < 1.29 is 23.4 Å². The summed E-state index contributed by atoms with van der Waals surface area (Å²) in [5.74, 6) is 0.660. The van der Waals surface area contributed by atoms with Gasteiger partial charge in [-0.15, -0.1) is 0 Å². The number of hydrogen-bond donors (Lipinski definition) is 0. The fraction of sp³-hybridized carbons (Fsp3) is 0.450. The third-order valence-electron chi connectivity index (χ3n) is 4.77. The van der Waals surface area contributed by atoms with Gasteiger partial charge in [-0.25, -0.2) is 14.4 Å². The molecule has 2 aromatic rings. The second kappa shape index (κ2) is 7.26. The number of para-hydroxylation sites is 1. The van der Waals surface area contributed by atoms with Gasteiger partial charge in [-0.1, -0.05) is 12.1 Å². The lowest BCUT2D eigenvalue weighted by molar-refractivity contribution is -0.132. The minimum absolute atomic E-state index is 0.0694. The van der Waals surface area contributed by atoms with Crippen LogP contribution in [-0.4, -0.2) is 52.2 Å². The molecule has 0 bridgehead atoms. The van der Waals surface area contributed by atoms with Gasteiger partial charge in [-0.3, -0.25) is 4.79 Å². The Kier molecular flexibility index (Phi) is 4.78. The van der Waals surface area contributed by atoms with E-state index in [-0.39, 0.29) is 30.2 Å². The molecule has 28 heavy (non-hydrogen) atoms. The van der Waals surface area contributed by atoms with E-state index in [1.54, 1.807) is 4.90 Å². The zero-order valence-electron chi connectivity index (χ0n) is 15.9. The number of likely N-dealkylation sites (tertiary alicyclic amines) is 1. The highest BCUT2D eigenvalue weighted by Gasteiger charge is 2.33. The summed E-state index contributed by atoms with van der Waals surface area (Å²) in [6.45, 7) is 4.96. The SMILES string of the molecule is CC1(C)Cc2cccc(OCC(=O)N3CC[C@H](Oc4ncc(F)cn4)C3)c2O1. The van der Waals surface area contributed by atoms with Crippen LogP contribution in [0.15, 0.2) is 30.6 Å². The van der Waals surface area contributed by atoms with Gasteiger partial charge in [-0.05, 0) is 19.9 Å². The molecule has 3 heterocycles. The van der Waals surface area contributed by atoms with Gasteiger partial charge in [0.1, 0.15) is 11.7 Å². The molecule has 2 aliphatic rings. The zero-order chi connectivity index (χ0) is 19.7. The Morgan fingerprint density at radius 3 is 2.93 bits per heavy atom. The lowest BCUT2D eigenvalue weighted by Crippen LogP contribution is -2.34. The molecule has 1 saturated heterocycles. The number of ether oxygens (including phenoxy) is 3. The highest BCUT2D eigenvalue weighted by Crippen LogP contribution is 2.41. The molecule has 0 N–H and O–H groups in total. The molecule has 1 fully saturated rings. The minimum atomic E-state index is -0.521. The minimum Gasteiger partial charge on any atom is -0.483 e. The number of amides is 1. The number of nitrogens with zero attached hydrogens (tertiary/aromatic N) is 3. The Labute approximate surface area is 162 Å². The van der Waals surface area contributed by atoms with Crippen LogP contribution < -0.4 is 14.2 Å². The molecule has 1 atom stereocenters. The first-order valence-corrected chi connectivity index (χ1v) is 9.25. The van der Waals surface area contributed by atoms with E-state index in [4.69, 9.17) is 14.2 Å². The number of halogens is 1. The zero-order valence-corrected chi connectivity index (χ0v) is 15.9. The number of carbonyl (C=O) groups excluding carboxylic acids is 1. The largest absolute Gasteiger partial charge is 0.483 e. The maximum atomic E-state index is 12.9. The standard InChI is InChI=1S/C20H22FN3O4/c1-20(2)8-13-4-3-5-16(18(13)28-20)26-12-17(25)24-7-6-15(11-24)27-19-22-9-14(21)10-23-19/h3-5,9-10,15H,6-8,11-12H2,1-2H3/t15-/m0/s1. The lowest BCUT2D eigenvalue weighted by atomic mass is 10.0. The average molecular weight is 387 g/mol. The second-order valence-electron chi connectivity index (χ2n) is 7.62. The monoisotopic (exact) mass is 387 g/mol. The maximum Gasteiger partial charge on any atom is 0.316 e. The summed E-state index contributed by atoms with van der Waals surface area (Å²) in [5, 5.41) is 0. The molecule has 1 aromatic carbocycles. The molecule has 0 spiro atoms. The number of hydrogen-bond acceptors (Lipinski definition) is 6. The first-order valence-electron chi connectivity index (χ1n) is 9.25. The van der Waals surface area contributed by atoms with Gasteiger partial charge in [0.15, 0.2) is 23.9 Å². The predicted molar refractivity (Wildman–Crippen MR) is 98.0 cm³/mol. The van der Waals surface area contributed by atoms with Crippen molar-refractivity contribution in [3.8, 4) is 17.5 Å². The topological polar surface area (TPSA) is 73.8 Å². The summed E-state index contributed by atoms with van der Waals surface area (Å²) in [6.07, 6.45) is 3.35. The van der Waals surface area contributed by atoms with E-state index in [0.29, 0.717) is 25.3 Å². The number of aromatic nitrogens is 2. The molecule has 2 aliphatic heterocycles. The van der Waals surface area contributed by atoms with Crippen LogP contribution in [-0.2, 0) is 11.2 Å². The van der Waals surface area contributed by atoms with Crippen molar-refractivity contribution in [2.24, 2.45) is 0 Å². The smallest absolute Gasteiger partial charge is 0.316 e. The molecule has 1 amide bonds. The molecule has 7 nitrogen and oxygen atoms in total. The number of benzene rings is 1. The van der Waals surface area contributed by atoms with Crippen molar-refractivity contribution >= 4 is 5.91 Å². The average Bonchev–Trinajstić information content (AvgIpc) is 3.24. The number of fused-ring (bicyclic) bond motifs is 1. The van der Waals surface area contributed by atoms with E-state index >= 15 is 0 Å². The lowest BCUT2D eigenvalue weighted by Gasteiger charge is -2.19.